The molecule has 1 saturated carbocycles. The SMILES string of the molecule is CCC(CC1CC1)NS(=O)(=O)Cc1ccc(N)cc1. The lowest BCUT2D eigenvalue weighted by atomic mass is 10.1. The van der Waals surface area contributed by atoms with Gasteiger partial charge in [-0.3, -0.25) is 0 Å². The van der Waals surface area contributed by atoms with Gasteiger partial charge in [0.25, 0.3) is 0 Å². The number of nitrogens with two attached hydrogens (primary N) is 1. The number of nitrogens with one attached hydrogen (secondary N) is 1. The Morgan fingerprint density at radius 2 is 1.95 bits per heavy atom. The molecule has 1 fully saturated rings. The molecule has 0 aromatic heterocycles. The molecule has 1 aromatic carbocycles. The van der Waals surface area contributed by atoms with Gasteiger partial charge in [0.05, 0.1) is 5.75 Å². The van der Waals surface area contributed by atoms with Gasteiger partial charge in [0, 0.05) is 11.7 Å². The van der Waals surface area contributed by atoms with Gasteiger partial charge in [0.2, 0.25) is 10.0 Å². The number of rotatable bonds is 7. The highest BCUT2D eigenvalue weighted by Crippen LogP contribution is 2.34. The van der Waals surface area contributed by atoms with E-state index in [0.717, 1.165) is 24.3 Å². The Labute approximate surface area is 115 Å². The van der Waals surface area contributed by atoms with Crippen molar-refractivity contribution in [1.82, 2.24) is 4.72 Å². The number of hydrogen-bond acceptors (Lipinski definition) is 3. The molecular formula is C14H22N2O2S. The van der Waals surface area contributed by atoms with Crippen LogP contribution in [0.1, 0.15) is 38.2 Å². The Balaban J connectivity index is 1.94. The van der Waals surface area contributed by atoms with Gasteiger partial charge in [0.15, 0.2) is 0 Å². The maximum atomic E-state index is 12.1. The third-order valence-electron chi connectivity index (χ3n) is 3.49. The van der Waals surface area contributed by atoms with E-state index in [9.17, 15) is 8.42 Å². The standard InChI is InChI=1S/C14H22N2O2S/c1-2-14(9-11-3-4-11)16-19(17,18)10-12-5-7-13(15)8-6-12/h5-8,11,14,16H,2-4,9-10,15H2,1H3. The summed E-state index contributed by atoms with van der Waals surface area (Å²) < 4.78 is 27.0. The first-order chi connectivity index (χ1) is 8.98. The van der Waals surface area contributed by atoms with Gasteiger partial charge < -0.3 is 5.73 Å². The molecule has 106 valence electrons. The summed E-state index contributed by atoms with van der Waals surface area (Å²) in [7, 11) is -3.27. The lowest BCUT2D eigenvalue weighted by molar-refractivity contribution is 0.495. The fourth-order valence-electron chi connectivity index (χ4n) is 2.18. The van der Waals surface area contributed by atoms with Crippen molar-refractivity contribution in [2.75, 3.05) is 5.73 Å². The summed E-state index contributed by atoms with van der Waals surface area (Å²) in [6.07, 6.45) is 4.31. The second kappa shape index (κ2) is 5.92. The minimum absolute atomic E-state index is 0.0223. The van der Waals surface area contributed by atoms with Crippen LogP contribution in [0.15, 0.2) is 24.3 Å². The molecule has 5 heteroatoms. The van der Waals surface area contributed by atoms with Gasteiger partial charge in [-0.25, -0.2) is 13.1 Å². The van der Waals surface area contributed by atoms with Crippen molar-refractivity contribution >= 4 is 15.7 Å². The molecule has 0 radical (unpaired) electrons. The van der Waals surface area contributed by atoms with Gasteiger partial charge in [-0.05, 0) is 36.5 Å². The molecule has 1 aromatic rings. The van der Waals surface area contributed by atoms with Crippen LogP contribution < -0.4 is 10.5 Å². The molecule has 4 nitrogen and oxygen atoms in total. The number of hydrogen-bond donors (Lipinski definition) is 2. The Hall–Kier alpha value is -1.07. The van der Waals surface area contributed by atoms with Crippen LogP contribution in [0.3, 0.4) is 0 Å². The molecule has 2 rings (SSSR count). The number of anilines is 1. The molecule has 0 amide bonds. The quantitative estimate of drug-likeness (QED) is 0.754. The average Bonchev–Trinajstić information content (AvgIpc) is 3.14. The topological polar surface area (TPSA) is 72.2 Å². The zero-order valence-corrected chi connectivity index (χ0v) is 12.1. The number of sulfonamides is 1. The van der Waals surface area contributed by atoms with E-state index in [4.69, 9.17) is 5.73 Å². The van der Waals surface area contributed by atoms with Crippen LogP contribution in [0.4, 0.5) is 5.69 Å². The predicted octanol–water partition coefficient (Wildman–Crippen LogP) is 2.27. The fraction of sp³-hybridized carbons (Fsp3) is 0.571. The summed E-state index contributed by atoms with van der Waals surface area (Å²) in [6.45, 7) is 2.03. The van der Waals surface area contributed by atoms with Crippen molar-refractivity contribution in [3.8, 4) is 0 Å². The number of nitrogen functional groups attached to an aromatic ring is 1. The molecule has 1 aliphatic rings. The Bertz CT molecular complexity index is 507. The van der Waals surface area contributed by atoms with Gasteiger partial charge in [-0.15, -0.1) is 0 Å². The highest BCUT2D eigenvalue weighted by molar-refractivity contribution is 7.88. The van der Waals surface area contributed by atoms with Crippen molar-refractivity contribution in [3.63, 3.8) is 0 Å². The average molecular weight is 282 g/mol. The zero-order valence-electron chi connectivity index (χ0n) is 11.3. The molecule has 0 aliphatic heterocycles. The normalized spacial score (nSPS) is 17.3. The fourth-order valence-corrected chi connectivity index (χ4v) is 3.67. The van der Waals surface area contributed by atoms with Gasteiger partial charge in [-0.2, -0.15) is 0 Å². The predicted molar refractivity (Wildman–Crippen MR) is 78.0 cm³/mol. The first-order valence-corrected chi connectivity index (χ1v) is 8.48. The van der Waals surface area contributed by atoms with Crippen LogP contribution in [0.25, 0.3) is 0 Å². The Kier molecular flexibility index (Phi) is 4.47. The van der Waals surface area contributed by atoms with Crippen LogP contribution in [-0.2, 0) is 15.8 Å². The highest BCUT2D eigenvalue weighted by atomic mass is 32.2. The Morgan fingerprint density at radius 1 is 1.32 bits per heavy atom. The highest BCUT2D eigenvalue weighted by Gasteiger charge is 2.27. The van der Waals surface area contributed by atoms with Gasteiger partial charge >= 0.3 is 0 Å². The van der Waals surface area contributed by atoms with Crippen LogP contribution in [0.2, 0.25) is 0 Å². The maximum Gasteiger partial charge on any atom is 0.216 e. The smallest absolute Gasteiger partial charge is 0.216 e. The second-order valence-corrected chi connectivity index (χ2v) is 7.16. The Morgan fingerprint density at radius 3 is 2.47 bits per heavy atom. The summed E-state index contributed by atoms with van der Waals surface area (Å²) in [6, 6.07) is 7.05. The van der Waals surface area contributed by atoms with Gasteiger partial charge in [-0.1, -0.05) is 31.9 Å². The summed E-state index contributed by atoms with van der Waals surface area (Å²) in [4.78, 5) is 0. The van der Waals surface area contributed by atoms with Crippen molar-refractivity contribution < 1.29 is 8.42 Å². The van der Waals surface area contributed by atoms with E-state index in [1.165, 1.54) is 12.8 Å². The largest absolute Gasteiger partial charge is 0.399 e. The molecule has 19 heavy (non-hydrogen) atoms. The van der Waals surface area contributed by atoms with E-state index in [-0.39, 0.29) is 11.8 Å². The molecule has 1 unspecified atom stereocenters. The zero-order chi connectivity index (χ0) is 13.9. The van der Waals surface area contributed by atoms with Crippen LogP contribution in [0, 0.1) is 5.92 Å². The van der Waals surface area contributed by atoms with Crippen molar-refractivity contribution in [2.45, 2.75) is 44.4 Å². The summed E-state index contributed by atoms with van der Waals surface area (Å²) in [5.41, 5.74) is 7.00. The second-order valence-electron chi connectivity index (χ2n) is 5.40. The molecular weight excluding hydrogens is 260 g/mol. The molecule has 0 heterocycles. The lowest BCUT2D eigenvalue weighted by Gasteiger charge is -2.16. The third-order valence-corrected chi connectivity index (χ3v) is 4.90. The molecule has 0 bridgehead atoms. The van der Waals surface area contributed by atoms with Crippen molar-refractivity contribution in [1.29, 1.82) is 0 Å². The van der Waals surface area contributed by atoms with E-state index in [0.29, 0.717) is 5.69 Å². The summed E-state index contributed by atoms with van der Waals surface area (Å²) in [5, 5.41) is 0. The molecule has 0 saturated heterocycles. The van der Waals surface area contributed by atoms with E-state index >= 15 is 0 Å². The first-order valence-electron chi connectivity index (χ1n) is 6.83. The van der Waals surface area contributed by atoms with Gasteiger partial charge in [0.1, 0.15) is 0 Å². The van der Waals surface area contributed by atoms with E-state index in [2.05, 4.69) is 4.72 Å². The number of benzene rings is 1. The van der Waals surface area contributed by atoms with E-state index in [1.54, 1.807) is 24.3 Å². The molecule has 1 atom stereocenters. The summed E-state index contributed by atoms with van der Waals surface area (Å²) >= 11 is 0. The third kappa shape index (κ3) is 4.84. The molecule has 3 N–H and O–H groups in total. The summed E-state index contributed by atoms with van der Waals surface area (Å²) in [5.74, 6) is 0.748. The maximum absolute atomic E-state index is 12.1. The monoisotopic (exact) mass is 282 g/mol. The van der Waals surface area contributed by atoms with Crippen molar-refractivity contribution in [2.24, 2.45) is 5.92 Å². The van der Waals surface area contributed by atoms with E-state index < -0.39 is 10.0 Å². The molecule has 1 aliphatic carbocycles. The van der Waals surface area contributed by atoms with Crippen molar-refractivity contribution in [3.05, 3.63) is 29.8 Å². The lowest BCUT2D eigenvalue weighted by Crippen LogP contribution is -2.35. The van der Waals surface area contributed by atoms with Crippen LogP contribution >= 0.6 is 0 Å². The van der Waals surface area contributed by atoms with Crippen LogP contribution in [0.5, 0.6) is 0 Å². The molecule has 0 spiro atoms. The minimum Gasteiger partial charge on any atom is -0.399 e. The first kappa shape index (κ1) is 14.3. The van der Waals surface area contributed by atoms with Crippen LogP contribution in [-0.4, -0.2) is 14.5 Å². The van der Waals surface area contributed by atoms with E-state index in [1.807, 2.05) is 6.92 Å². The minimum atomic E-state index is -3.27.